The number of ether oxygens (including phenoxy) is 1. The highest BCUT2D eigenvalue weighted by molar-refractivity contribution is 5.98. The molecular formula is C24H20F3N7O2. The number of fused-ring (bicyclic) bond motifs is 3. The van der Waals surface area contributed by atoms with Gasteiger partial charge in [0.25, 0.3) is 5.91 Å². The molecule has 1 aliphatic rings. The molecule has 5 heterocycles. The quantitative estimate of drug-likeness (QED) is 0.443. The van der Waals surface area contributed by atoms with Crippen LogP contribution in [0.2, 0.25) is 0 Å². The molecule has 0 bridgehead atoms. The highest BCUT2D eigenvalue weighted by Crippen LogP contribution is 2.32. The number of carbonyl (C=O) groups excluding carboxylic acids is 1. The van der Waals surface area contributed by atoms with Gasteiger partial charge in [0.15, 0.2) is 5.65 Å². The van der Waals surface area contributed by atoms with Gasteiger partial charge in [-0.3, -0.25) is 9.78 Å². The molecule has 5 rings (SSSR count). The second-order valence-corrected chi connectivity index (χ2v) is 8.29. The van der Waals surface area contributed by atoms with Gasteiger partial charge < -0.3 is 15.4 Å². The summed E-state index contributed by atoms with van der Waals surface area (Å²) < 4.78 is 44.4. The average molecular weight is 495 g/mol. The number of nitrogen functional groups attached to an aromatic ring is 1. The Balaban J connectivity index is 1.53. The van der Waals surface area contributed by atoms with Gasteiger partial charge in [0.2, 0.25) is 0 Å². The molecule has 4 aromatic rings. The number of amides is 1. The summed E-state index contributed by atoms with van der Waals surface area (Å²) in [4.78, 5) is 36.2. The number of hydrogen-bond donors (Lipinski definition) is 1. The van der Waals surface area contributed by atoms with Crippen LogP contribution in [0.25, 0.3) is 11.0 Å². The van der Waals surface area contributed by atoms with Crippen molar-refractivity contribution in [3.8, 4) is 0 Å². The second kappa shape index (κ2) is 9.11. The monoisotopic (exact) mass is 495 g/mol. The Hall–Kier alpha value is -4.19. The Labute approximate surface area is 203 Å². The van der Waals surface area contributed by atoms with Crippen LogP contribution in [0.4, 0.5) is 19.0 Å². The van der Waals surface area contributed by atoms with Gasteiger partial charge in [0.1, 0.15) is 11.6 Å². The van der Waals surface area contributed by atoms with E-state index in [0.717, 1.165) is 23.4 Å². The van der Waals surface area contributed by atoms with Gasteiger partial charge in [0.05, 0.1) is 42.6 Å². The molecule has 9 nitrogen and oxygen atoms in total. The first-order valence-electron chi connectivity index (χ1n) is 11.0. The zero-order valence-corrected chi connectivity index (χ0v) is 19.0. The van der Waals surface area contributed by atoms with E-state index in [2.05, 4.69) is 24.9 Å². The van der Waals surface area contributed by atoms with E-state index in [1.165, 1.54) is 17.2 Å². The smallest absolute Gasteiger partial charge is 0.383 e. The molecule has 184 valence electrons. The third-order valence-corrected chi connectivity index (χ3v) is 6.00. The van der Waals surface area contributed by atoms with Crippen molar-refractivity contribution in [1.82, 2.24) is 29.8 Å². The Morgan fingerprint density at radius 2 is 1.86 bits per heavy atom. The zero-order valence-electron chi connectivity index (χ0n) is 19.0. The van der Waals surface area contributed by atoms with E-state index in [9.17, 15) is 18.0 Å². The van der Waals surface area contributed by atoms with Crippen molar-refractivity contribution in [1.29, 1.82) is 0 Å². The number of alkyl halides is 3. The first kappa shape index (κ1) is 23.5. The predicted molar refractivity (Wildman–Crippen MR) is 122 cm³/mol. The lowest BCUT2D eigenvalue weighted by molar-refractivity contribution is -0.137. The predicted octanol–water partition coefficient (Wildman–Crippen LogP) is 3.85. The van der Waals surface area contributed by atoms with Crippen LogP contribution in [0.3, 0.4) is 0 Å². The lowest BCUT2D eigenvalue weighted by atomic mass is 10.0. The number of pyridine rings is 3. The molecule has 0 aromatic carbocycles. The Bertz CT molecular complexity index is 1430. The number of halogens is 3. The third kappa shape index (κ3) is 4.42. The van der Waals surface area contributed by atoms with E-state index in [-0.39, 0.29) is 17.8 Å². The molecule has 4 aromatic heterocycles. The summed E-state index contributed by atoms with van der Waals surface area (Å²) in [5.74, 6) is 0.289. The van der Waals surface area contributed by atoms with Crippen LogP contribution >= 0.6 is 0 Å². The fourth-order valence-corrected chi connectivity index (χ4v) is 4.04. The van der Waals surface area contributed by atoms with Crippen molar-refractivity contribution in [2.45, 2.75) is 38.9 Å². The van der Waals surface area contributed by atoms with Gasteiger partial charge in [-0.05, 0) is 36.8 Å². The Morgan fingerprint density at radius 3 is 2.56 bits per heavy atom. The van der Waals surface area contributed by atoms with E-state index in [4.69, 9.17) is 10.5 Å². The van der Waals surface area contributed by atoms with Crippen molar-refractivity contribution < 1.29 is 22.7 Å². The standard InChI is InChI=1S/C24H20F3N7O2/c1-13(21-29-5-2-6-30-21)34(10-16-4-3-15(9-31-16)24(25,26)27)23(35)14-7-17-18-11-36-12-19(18)20(28)33-22(17)32-8-14/h2-9,13H,10-12H2,1H3,(H2,28,32,33). The van der Waals surface area contributed by atoms with E-state index in [1.807, 2.05) is 0 Å². The molecule has 1 unspecified atom stereocenters. The van der Waals surface area contributed by atoms with E-state index >= 15 is 0 Å². The number of aromatic nitrogens is 5. The molecule has 0 fully saturated rings. The Morgan fingerprint density at radius 1 is 1.11 bits per heavy atom. The number of rotatable bonds is 5. The number of hydrogen-bond acceptors (Lipinski definition) is 8. The summed E-state index contributed by atoms with van der Waals surface area (Å²) in [6.07, 6.45) is 0.734. The first-order valence-corrected chi connectivity index (χ1v) is 11.0. The maximum Gasteiger partial charge on any atom is 0.417 e. The Kier molecular flexibility index (Phi) is 5.96. The number of nitrogens with zero attached hydrogens (tertiary/aromatic N) is 6. The van der Waals surface area contributed by atoms with Crippen LogP contribution < -0.4 is 5.73 Å². The molecule has 0 saturated carbocycles. The summed E-state index contributed by atoms with van der Waals surface area (Å²) >= 11 is 0. The molecule has 0 radical (unpaired) electrons. The largest absolute Gasteiger partial charge is 0.417 e. The number of anilines is 1. The lowest BCUT2D eigenvalue weighted by Gasteiger charge is -2.28. The minimum Gasteiger partial charge on any atom is -0.383 e. The molecule has 36 heavy (non-hydrogen) atoms. The lowest BCUT2D eigenvalue weighted by Crippen LogP contribution is -2.34. The van der Waals surface area contributed by atoms with E-state index in [1.54, 1.807) is 31.5 Å². The van der Waals surface area contributed by atoms with Gasteiger partial charge in [-0.15, -0.1) is 0 Å². The fourth-order valence-electron chi connectivity index (χ4n) is 4.04. The van der Waals surface area contributed by atoms with Crippen molar-refractivity contribution in [2.24, 2.45) is 0 Å². The normalized spacial score (nSPS) is 14.0. The minimum absolute atomic E-state index is 0.0738. The van der Waals surface area contributed by atoms with Crippen LogP contribution in [0.5, 0.6) is 0 Å². The van der Waals surface area contributed by atoms with Crippen LogP contribution in [0.1, 0.15) is 51.5 Å². The molecular weight excluding hydrogens is 475 g/mol. The minimum atomic E-state index is -4.51. The van der Waals surface area contributed by atoms with Crippen LogP contribution in [-0.4, -0.2) is 35.7 Å². The van der Waals surface area contributed by atoms with Crippen molar-refractivity contribution in [3.05, 3.63) is 82.8 Å². The summed E-state index contributed by atoms with van der Waals surface area (Å²) in [6, 6.07) is 4.89. The van der Waals surface area contributed by atoms with Crippen LogP contribution in [-0.2, 0) is 30.7 Å². The van der Waals surface area contributed by atoms with Gasteiger partial charge in [-0.2, -0.15) is 13.2 Å². The topological polar surface area (TPSA) is 120 Å². The average Bonchev–Trinajstić information content (AvgIpc) is 3.38. The molecule has 0 spiro atoms. The van der Waals surface area contributed by atoms with Crippen molar-refractivity contribution >= 4 is 22.8 Å². The summed E-state index contributed by atoms with van der Waals surface area (Å²) in [6.45, 7) is 2.32. The van der Waals surface area contributed by atoms with E-state index < -0.39 is 23.7 Å². The summed E-state index contributed by atoms with van der Waals surface area (Å²) in [5, 5.41) is 0.652. The molecule has 0 saturated heterocycles. The van der Waals surface area contributed by atoms with Gasteiger partial charge in [-0.1, -0.05) is 0 Å². The molecule has 12 heteroatoms. The van der Waals surface area contributed by atoms with Gasteiger partial charge in [0, 0.05) is 35.7 Å². The van der Waals surface area contributed by atoms with Crippen LogP contribution in [0.15, 0.2) is 49.1 Å². The third-order valence-electron chi connectivity index (χ3n) is 6.00. The second-order valence-electron chi connectivity index (χ2n) is 8.29. The maximum atomic E-state index is 13.7. The highest BCUT2D eigenvalue weighted by Gasteiger charge is 2.31. The van der Waals surface area contributed by atoms with Crippen LogP contribution in [0, 0.1) is 0 Å². The SMILES string of the molecule is CC(c1ncccn1)N(Cc1ccc(C(F)(F)F)cn1)C(=O)c1cnc2nc(N)c3c(c2c1)COC3. The molecule has 0 aliphatic carbocycles. The number of carbonyl (C=O) groups is 1. The molecule has 1 amide bonds. The molecule has 1 atom stereocenters. The van der Waals surface area contributed by atoms with Crippen molar-refractivity contribution in [2.75, 3.05) is 5.73 Å². The van der Waals surface area contributed by atoms with Gasteiger partial charge >= 0.3 is 6.18 Å². The summed E-state index contributed by atoms with van der Waals surface area (Å²) in [5.41, 5.74) is 7.67. The summed E-state index contributed by atoms with van der Waals surface area (Å²) in [7, 11) is 0. The first-order chi connectivity index (χ1) is 17.2. The molecule has 2 N–H and O–H groups in total. The fraction of sp³-hybridized carbons (Fsp3) is 0.250. The van der Waals surface area contributed by atoms with E-state index in [0.29, 0.717) is 35.9 Å². The van der Waals surface area contributed by atoms with Crippen molar-refractivity contribution in [3.63, 3.8) is 0 Å². The zero-order chi connectivity index (χ0) is 25.4. The molecule has 1 aliphatic heterocycles. The maximum absolute atomic E-state index is 13.7. The highest BCUT2D eigenvalue weighted by atomic mass is 19.4. The van der Waals surface area contributed by atoms with Gasteiger partial charge in [-0.25, -0.2) is 19.9 Å². The number of nitrogens with two attached hydrogens (primary N) is 1.